The lowest BCUT2D eigenvalue weighted by atomic mass is 9.88. The maximum absolute atomic E-state index is 13.6. The summed E-state index contributed by atoms with van der Waals surface area (Å²) in [6, 6.07) is 0. The van der Waals surface area contributed by atoms with Gasteiger partial charge in [0.25, 0.3) is 0 Å². The summed E-state index contributed by atoms with van der Waals surface area (Å²) >= 11 is 0. The van der Waals surface area contributed by atoms with Crippen LogP contribution in [-0.2, 0) is 9.53 Å². The van der Waals surface area contributed by atoms with Gasteiger partial charge in [0, 0.05) is 18.9 Å². The number of hydrogen-bond donors (Lipinski definition) is 0. The Hall–Kier alpha value is -1.14. The van der Waals surface area contributed by atoms with Crippen molar-refractivity contribution >= 4 is 5.97 Å². The lowest BCUT2D eigenvalue weighted by Gasteiger charge is -2.40. The van der Waals surface area contributed by atoms with Gasteiger partial charge in [-0.25, -0.2) is 4.79 Å². The van der Waals surface area contributed by atoms with E-state index in [0.29, 0.717) is 6.08 Å². The molecule has 1 saturated carbocycles. The molecule has 1 atom stereocenters. The van der Waals surface area contributed by atoms with Gasteiger partial charge in [-0.1, -0.05) is 6.58 Å². The highest BCUT2D eigenvalue weighted by atomic mass is 19.3. The predicted octanol–water partition coefficient (Wildman–Crippen LogP) is 2.84. The summed E-state index contributed by atoms with van der Waals surface area (Å²) < 4.78 is 69.1. The molecular formula is C9H9F5O2. The van der Waals surface area contributed by atoms with E-state index in [0.717, 1.165) is 0 Å². The average Bonchev–Trinajstić information content (AvgIpc) is 2.14. The summed E-state index contributed by atoms with van der Waals surface area (Å²) in [6.45, 7) is 2.87. The molecule has 2 nitrogen and oxygen atoms in total. The van der Waals surface area contributed by atoms with Crippen LogP contribution in [0, 0.1) is 0 Å². The van der Waals surface area contributed by atoms with Crippen LogP contribution in [-0.4, -0.2) is 23.7 Å². The average molecular weight is 244 g/mol. The summed E-state index contributed by atoms with van der Waals surface area (Å²) in [6.07, 6.45) is -2.17. The van der Waals surface area contributed by atoms with Gasteiger partial charge < -0.3 is 4.74 Å². The fraction of sp³-hybridized carbons (Fsp3) is 0.667. The Labute approximate surface area is 88.1 Å². The van der Waals surface area contributed by atoms with Gasteiger partial charge in [-0.15, -0.1) is 0 Å². The molecule has 0 aromatic rings. The van der Waals surface area contributed by atoms with Gasteiger partial charge >= 0.3 is 23.7 Å². The van der Waals surface area contributed by atoms with Crippen molar-refractivity contribution in [2.75, 3.05) is 0 Å². The minimum Gasteiger partial charge on any atom is -0.418 e. The van der Waals surface area contributed by atoms with Crippen LogP contribution >= 0.6 is 0 Å². The second-order valence-electron chi connectivity index (χ2n) is 3.49. The van der Waals surface area contributed by atoms with E-state index in [1.54, 1.807) is 0 Å². The van der Waals surface area contributed by atoms with Crippen LogP contribution in [0.4, 0.5) is 22.0 Å². The second-order valence-corrected chi connectivity index (χ2v) is 3.49. The first kappa shape index (κ1) is 12.9. The van der Waals surface area contributed by atoms with Crippen molar-refractivity contribution in [1.29, 1.82) is 0 Å². The minimum atomic E-state index is -5.03. The normalized spacial score (nSPS) is 31.8. The van der Waals surface area contributed by atoms with E-state index < -0.39 is 42.9 Å². The van der Waals surface area contributed by atoms with Gasteiger partial charge in [-0.3, -0.25) is 0 Å². The lowest BCUT2D eigenvalue weighted by Crippen LogP contribution is -2.60. The highest BCUT2D eigenvalue weighted by Gasteiger charge is 2.74. The molecule has 0 N–H and O–H groups in total. The molecule has 16 heavy (non-hydrogen) atoms. The fourth-order valence-corrected chi connectivity index (χ4v) is 1.44. The number of esters is 1. The zero-order valence-electron chi connectivity index (χ0n) is 8.11. The van der Waals surface area contributed by atoms with Crippen molar-refractivity contribution in [2.45, 2.75) is 37.0 Å². The SMILES string of the molecule is C=CC(=O)OC1(F)CCCC(F)(F)C1(F)F. The molecule has 1 aliphatic rings. The number of ether oxygens (including phenoxy) is 1. The van der Waals surface area contributed by atoms with E-state index in [9.17, 15) is 26.7 Å². The molecule has 0 bridgehead atoms. The van der Waals surface area contributed by atoms with Crippen LogP contribution in [0.15, 0.2) is 12.7 Å². The van der Waals surface area contributed by atoms with Crippen LogP contribution in [0.5, 0.6) is 0 Å². The largest absolute Gasteiger partial charge is 0.418 e. The maximum atomic E-state index is 13.6. The summed E-state index contributed by atoms with van der Waals surface area (Å²) in [5.41, 5.74) is 0. The first-order valence-corrected chi connectivity index (χ1v) is 4.46. The Morgan fingerprint density at radius 2 is 1.75 bits per heavy atom. The summed E-state index contributed by atoms with van der Waals surface area (Å²) in [7, 11) is 0. The summed E-state index contributed by atoms with van der Waals surface area (Å²) in [5.74, 6) is -15.0. The predicted molar refractivity (Wildman–Crippen MR) is 43.9 cm³/mol. The van der Waals surface area contributed by atoms with Gasteiger partial charge in [0.15, 0.2) is 0 Å². The Bertz CT molecular complexity index is 315. The molecule has 92 valence electrons. The van der Waals surface area contributed by atoms with Crippen molar-refractivity contribution in [3.8, 4) is 0 Å². The van der Waals surface area contributed by atoms with Crippen LogP contribution in [0.2, 0.25) is 0 Å². The Morgan fingerprint density at radius 3 is 2.25 bits per heavy atom. The Morgan fingerprint density at radius 1 is 1.19 bits per heavy atom. The van der Waals surface area contributed by atoms with Gasteiger partial charge in [-0.05, 0) is 6.42 Å². The Kier molecular flexibility index (Phi) is 3.00. The number of carbonyl (C=O) groups excluding carboxylic acids is 1. The molecule has 0 spiro atoms. The standard InChI is InChI=1S/C9H9F5O2/c1-2-6(15)16-8(12)5-3-4-7(10,11)9(8,13)14/h2H,1,3-5H2. The number of rotatable bonds is 2. The number of halogens is 5. The maximum Gasteiger partial charge on any atom is 0.378 e. The van der Waals surface area contributed by atoms with E-state index in [1.807, 2.05) is 0 Å². The van der Waals surface area contributed by atoms with E-state index in [4.69, 9.17) is 0 Å². The number of carbonyl (C=O) groups is 1. The first-order chi connectivity index (χ1) is 7.16. The molecule has 1 unspecified atom stereocenters. The molecular weight excluding hydrogens is 235 g/mol. The van der Waals surface area contributed by atoms with Crippen molar-refractivity contribution in [2.24, 2.45) is 0 Å². The molecule has 1 rings (SSSR count). The molecule has 0 heterocycles. The van der Waals surface area contributed by atoms with Gasteiger partial charge in [0.2, 0.25) is 0 Å². The molecule has 7 heteroatoms. The molecule has 1 aliphatic carbocycles. The Balaban J connectivity index is 3.01. The third-order valence-corrected chi connectivity index (χ3v) is 2.35. The van der Waals surface area contributed by atoms with Crippen molar-refractivity contribution in [1.82, 2.24) is 0 Å². The van der Waals surface area contributed by atoms with Crippen molar-refractivity contribution in [3.63, 3.8) is 0 Å². The molecule has 0 aromatic heterocycles. The lowest BCUT2D eigenvalue weighted by molar-refractivity contribution is -0.353. The zero-order valence-corrected chi connectivity index (χ0v) is 8.11. The van der Waals surface area contributed by atoms with Gasteiger partial charge in [0.05, 0.1) is 0 Å². The van der Waals surface area contributed by atoms with Crippen LogP contribution in [0.1, 0.15) is 19.3 Å². The van der Waals surface area contributed by atoms with Gasteiger partial charge in [-0.2, -0.15) is 22.0 Å². The van der Waals surface area contributed by atoms with Crippen molar-refractivity contribution < 1.29 is 31.5 Å². The van der Waals surface area contributed by atoms with Crippen LogP contribution < -0.4 is 0 Å². The van der Waals surface area contributed by atoms with Crippen molar-refractivity contribution in [3.05, 3.63) is 12.7 Å². The van der Waals surface area contributed by atoms with E-state index >= 15 is 0 Å². The molecule has 0 saturated heterocycles. The smallest absolute Gasteiger partial charge is 0.378 e. The monoisotopic (exact) mass is 244 g/mol. The number of hydrogen-bond acceptors (Lipinski definition) is 2. The second kappa shape index (κ2) is 3.71. The van der Waals surface area contributed by atoms with E-state index in [1.165, 1.54) is 0 Å². The molecule has 0 amide bonds. The summed E-state index contributed by atoms with van der Waals surface area (Å²) in [5, 5.41) is 0. The van der Waals surface area contributed by atoms with E-state index in [-0.39, 0.29) is 0 Å². The molecule has 0 aromatic carbocycles. The van der Waals surface area contributed by atoms with Crippen LogP contribution in [0.3, 0.4) is 0 Å². The topological polar surface area (TPSA) is 26.3 Å². The quantitative estimate of drug-likeness (QED) is 0.424. The molecule has 0 aliphatic heterocycles. The molecule has 0 radical (unpaired) electrons. The third-order valence-electron chi connectivity index (χ3n) is 2.35. The fourth-order valence-electron chi connectivity index (χ4n) is 1.44. The van der Waals surface area contributed by atoms with E-state index in [2.05, 4.69) is 11.3 Å². The minimum absolute atomic E-state index is 0.435. The van der Waals surface area contributed by atoms with Gasteiger partial charge in [0.1, 0.15) is 0 Å². The first-order valence-electron chi connectivity index (χ1n) is 4.46. The summed E-state index contributed by atoms with van der Waals surface area (Å²) in [4.78, 5) is 10.6. The highest BCUT2D eigenvalue weighted by molar-refractivity contribution is 5.81. The highest BCUT2D eigenvalue weighted by Crippen LogP contribution is 2.53. The zero-order chi connectivity index (χ0) is 12.6. The third kappa shape index (κ3) is 1.78. The molecule has 1 fully saturated rings. The number of alkyl halides is 5. The van der Waals surface area contributed by atoms with Crippen LogP contribution in [0.25, 0.3) is 0 Å².